The summed E-state index contributed by atoms with van der Waals surface area (Å²) >= 11 is 2.31. The molecule has 19 heavy (non-hydrogen) atoms. The van der Waals surface area contributed by atoms with E-state index in [0.29, 0.717) is 6.54 Å². The molecule has 0 radical (unpaired) electrons. The Kier molecular flexibility index (Phi) is 6.75. The number of nitro benzene ring substituents is 1. The van der Waals surface area contributed by atoms with Crippen LogP contribution in [-0.2, 0) is 0 Å². The first-order chi connectivity index (χ1) is 9.06. The van der Waals surface area contributed by atoms with Crippen molar-refractivity contribution < 1.29 is 9.72 Å². The lowest BCUT2D eigenvalue weighted by molar-refractivity contribution is -0.385. The summed E-state index contributed by atoms with van der Waals surface area (Å²) in [6.45, 7) is 2.36. The summed E-state index contributed by atoms with van der Waals surface area (Å²) in [6.07, 6.45) is 3.08. The second-order valence-corrected chi connectivity index (χ2v) is 5.36. The molecule has 0 aliphatic carbocycles. The van der Waals surface area contributed by atoms with Crippen molar-refractivity contribution in [2.24, 2.45) is 0 Å². The van der Waals surface area contributed by atoms with E-state index in [9.17, 15) is 14.9 Å². The van der Waals surface area contributed by atoms with E-state index in [1.54, 1.807) is 19.1 Å². The molecule has 0 aliphatic heterocycles. The molecule has 0 bridgehead atoms. The molecule has 0 atom stereocenters. The fraction of sp³-hybridized carbons (Fsp3) is 0.462. The maximum Gasteiger partial charge on any atom is 0.282 e. The Balaban J connectivity index is 2.65. The summed E-state index contributed by atoms with van der Waals surface area (Å²) in [5.41, 5.74) is 0.829. The number of unbranched alkanes of at least 4 members (excludes halogenated alkanes) is 2. The molecule has 5 nitrogen and oxygen atoms in total. The minimum atomic E-state index is -0.523. The molecular weight excluding hydrogens is 359 g/mol. The first kappa shape index (κ1) is 15.9. The van der Waals surface area contributed by atoms with Crippen LogP contribution in [0.1, 0.15) is 35.2 Å². The van der Waals surface area contributed by atoms with Gasteiger partial charge in [0.2, 0.25) is 0 Å². The minimum Gasteiger partial charge on any atom is -0.352 e. The minimum absolute atomic E-state index is 0.138. The Bertz CT molecular complexity index is 463. The van der Waals surface area contributed by atoms with Crippen molar-refractivity contribution in [3.63, 3.8) is 0 Å². The molecule has 0 saturated carbocycles. The van der Waals surface area contributed by atoms with Gasteiger partial charge in [0.05, 0.1) is 4.92 Å². The summed E-state index contributed by atoms with van der Waals surface area (Å²) in [6, 6.07) is 4.56. The monoisotopic (exact) mass is 376 g/mol. The number of nitrogens with zero attached hydrogens (tertiary/aromatic N) is 1. The summed E-state index contributed by atoms with van der Waals surface area (Å²) in [4.78, 5) is 22.3. The van der Waals surface area contributed by atoms with E-state index >= 15 is 0 Å². The zero-order valence-corrected chi connectivity index (χ0v) is 13.0. The van der Waals surface area contributed by atoms with Crippen molar-refractivity contribution in [2.45, 2.75) is 26.2 Å². The van der Waals surface area contributed by atoms with Gasteiger partial charge >= 0.3 is 0 Å². The summed E-state index contributed by atoms with van der Waals surface area (Å²) in [5.74, 6) is -0.370. The number of hydrogen-bond donors (Lipinski definition) is 1. The number of alkyl halides is 1. The van der Waals surface area contributed by atoms with E-state index in [2.05, 4.69) is 27.9 Å². The van der Waals surface area contributed by atoms with Gasteiger partial charge in [0.25, 0.3) is 11.6 Å². The third kappa shape index (κ3) is 5.14. The third-order valence-electron chi connectivity index (χ3n) is 2.69. The van der Waals surface area contributed by atoms with Gasteiger partial charge in [0.1, 0.15) is 5.56 Å². The van der Waals surface area contributed by atoms with Crippen molar-refractivity contribution in [3.05, 3.63) is 39.4 Å². The standard InChI is InChI=1S/C13H17IN2O3/c1-10-5-6-12(16(18)19)11(9-10)13(17)15-8-4-2-3-7-14/h5-6,9H,2-4,7-8H2,1H3,(H,15,17). The summed E-state index contributed by atoms with van der Waals surface area (Å²) < 4.78 is 1.11. The largest absolute Gasteiger partial charge is 0.352 e. The van der Waals surface area contributed by atoms with E-state index in [0.717, 1.165) is 29.3 Å². The molecule has 1 rings (SSSR count). The lowest BCUT2D eigenvalue weighted by Crippen LogP contribution is -2.25. The maximum atomic E-state index is 11.9. The lowest BCUT2D eigenvalue weighted by Gasteiger charge is -2.06. The van der Waals surface area contributed by atoms with Gasteiger partial charge in [-0.15, -0.1) is 0 Å². The molecule has 0 aromatic heterocycles. The Morgan fingerprint density at radius 2 is 2.11 bits per heavy atom. The van der Waals surface area contributed by atoms with Crippen LogP contribution in [0.4, 0.5) is 5.69 Å². The summed E-state index contributed by atoms with van der Waals surface area (Å²) in [7, 11) is 0. The molecule has 1 N–H and O–H groups in total. The number of rotatable bonds is 7. The molecule has 1 aromatic rings. The van der Waals surface area contributed by atoms with Crippen LogP contribution < -0.4 is 5.32 Å². The number of carbonyl (C=O) groups excluding carboxylic acids is 1. The Morgan fingerprint density at radius 3 is 2.74 bits per heavy atom. The van der Waals surface area contributed by atoms with Crippen LogP contribution in [0.25, 0.3) is 0 Å². The Hall–Kier alpha value is -1.18. The predicted octanol–water partition coefficient (Wildman–Crippen LogP) is 3.24. The van der Waals surface area contributed by atoms with Gasteiger partial charge in [-0.25, -0.2) is 0 Å². The third-order valence-corrected chi connectivity index (χ3v) is 3.45. The highest BCUT2D eigenvalue weighted by molar-refractivity contribution is 14.1. The van der Waals surface area contributed by atoms with Crippen molar-refractivity contribution in [2.75, 3.05) is 11.0 Å². The zero-order chi connectivity index (χ0) is 14.3. The quantitative estimate of drug-likeness (QED) is 0.261. The first-order valence-electron chi connectivity index (χ1n) is 6.15. The zero-order valence-electron chi connectivity index (χ0n) is 10.8. The molecule has 1 amide bonds. The van der Waals surface area contributed by atoms with Crippen LogP contribution in [0.3, 0.4) is 0 Å². The number of nitrogens with one attached hydrogen (secondary N) is 1. The van der Waals surface area contributed by atoms with Gasteiger partial charge in [-0.1, -0.05) is 35.1 Å². The molecule has 0 spiro atoms. The van der Waals surface area contributed by atoms with Crippen LogP contribution in [0, 0.1) is 17.0 Å². The highest BCUT2D eigenvalue weighted by atomic mass is 127. The number of hydrogen-bond acceptors (Lipinski definition) is 3. The number of halogens is 1. The first-order valence-corrected chi connectivity index (χ1v) is 7.68. The normalized spacial score (nSPS) is 10.2. The van der Waals surface area contributed by atoms with E-state index in [4.69, 9.17) is 0 Å². The van der Waals surface area contributed by atoms with Crippen molar-refractivity contribution in [3.8, 4) is 0 Å². The fourth-order valence-corrected chi connectivity index (χ4v) is 2.22. The number of benzene rings is 1. The molecule has 6 heteroatoms. The predicted molar refractivity (Wildman–Crippen MR) is 82.9 cm³/mol. The van der Waals surface area contributed by atoms with Crippen molar-refractivity contribution in [1.29, 1.82) is 0 Å². The van der Waals surface area contributed by atoms with Crippen LogP contribution in [-0.4, -0.2) is 21.8 Å². The number of aryl methyl sites for hydroxylation is 1. The van der Waals surface area contributed by atoms with Crippen molar-refractivity contribution in [1.82, 2.24) is 5.32 Å². The van der Waals surface area contributed by atoms with E-state index in [1.807, 2.05) is 0 Å². The molecule has 0 saturated heterocycles. The summed E-state index contributed by atoms with van der Waals surface area (Å²) in [5, 5.41) is 13.6. The van der Waals surface area contributed by atoms with E-state index in [1.165, 1.54) is 6.07 Å². The van der Waals surface area contributed by atoms with Crippen molar-refractivity contribution >= 4 is 34.2 Å². The molecule has 0 heterocycles. The molecule has 0 aliphatic rings. The topological polar surface area (TPSA) is 72.2 Å². The van der Waals surface area contributed by atoms with Gasteiger partial charge < -0.3 is 5.32 Å². The second-order valence-electron chi connectivity index (χ2n) is 4.28. The average Bonchev–Trinajstić information content (AvgIpc) is 2.37. The molecule has 0 unspecified atom stereocenters. The Labute approximate surface area is 126 Å². The van der Waals surface area contributed by atoms with Gasteiger partial charge in [0, 0.05) is 12.6 Å². The highest BCUT2D eigenvalue weighted by Gasteiger charge is 2.19. The van der Waals surface area contributed by atoms with Gasteiger partial charge in [-0.05, 0) is 35.8 Å². The van der Waals surface area contributed by atoms with Crippen LogP contribution in [0.15, 0.2) is 18.2 Å². The fourth-order valence-electron chi connectivity index (χ4n) is 1.68. The highest BCUT2D eigenvalue weighted by Crippen LogP contribution is 2.19. The number of carbonyl (C=O) groups is 1. The SMILES string of the molecule is Cc1ccc([N+](=O)[O-])c(C(=O)NCCCCCI)c1. The molecule has 0 fully saturated rings. The average molecular weight is 376 g/mol. The van der Waals surface area contributed by atoms with Crippen LogP contribution in [0.5, 0.6) is 0 Å². The molecular formula is C13H17IN2O3. The van der Waals surface area contributed by atoms with Gasteiger partial charge in [-0.3, -0.25) is 14.9 Å². The maximum absolute atomic E-state index is 11.9. The van der Waals surface area contributed by atoms with Crippen LogP contribution in [0.2, 0.25) is 0 Å². The molecule has 1 aromatic carbocycles. The van der Waals surface area contributed by atoms with Gasteiger partial charge in [0.15, 0.2) is 0 Å². The molecule has 104 valence electrons. The number of nitro groups is 1. The smallest absolute Gasteiger partial charge is 0.282 e. The van der Waals surface area contributed by atoms with Gasteiger partial charge in [-0.2, -0.15) is 0 Å². The lowest BCUT2D eigenvalue weighted by atomic mass is 10.1. The Morgan fingerprint density at radius 1 is 1.37 bits per heavy atom. The van der Waals surface area contributed by atoms with Crippen LogP contribution >= 0.6 is 22.6 Å². The number of amides is 1. The second kappa shape index (κ2) is 8.08. The van der Waals surface area contributed by atoms with E-state index < -0.39 is 4.92 Å². The van der Waals surface area contributed by atoms with E-state index in [-0.39, 0.29) is 17.2 Å².